The molecule has 1 unspecified atom stereocenters. The molecule has 0 saturated carbocycles. The summed E-state index contributed by atoms with van der Waals surface area (Å²) in [7, 11) is 3.00. The highest BCUT2D eigenvalue weighted by Crippen LogP contribution is 2.31. The summed E-state index contributed by atoms with van der Waals surface area (Å²) in [4.78, 5) is 22.2. The van der Waals surface area contributed by atoms with E-state index in [2.05, 4.69) is 25.4 Å². The van der Waals surface area contributed by atoms with Crippen molar-refractivity contribution in [2.75, 3.05) is 6.61 Å². The molecule has 0 bridgehead atoms. The van der Waals surface area contributed by atoms with Gasteiger partial charge in [0.25, 0.3) is 5.56 Å². The first-order chi connectivity index (χ1) is 9.24. The van der Waals surface area contributed by atoms with Gasteiger partial charge >= 0.3 is 0 Å². The second kappa shape index (κ2) is 4.85. The first-order valence-electron chi connectivity index (χ1n) is 5.73. The zero-order valence-corrected chi connectivity index (χ0v) is 10.8. The molecule has 1 saturated heterocycles. The highest BCUT2D eigenvalue weighted by molar-refractivity contribution is 5.98. The third-order valence-electron chi connectivity index (χ3n) is 3.14. The third kappa shape index (κ3) is 2.00. The Kier molecular flexibility index (Phi) is 3.19. The molecule has 19 heavy (non-hydrogen) atoms. The lowest BCUT2D eigenvalue weighted by Crippen LogP contribution is -2.22. The van der Waals surface area contributed by atoms with Crippen LogP contribution in [0.15, 0.2) is 17.4 Å². The second-order valence-electron chi connectivity index (χ2n) is 4.28. The predicted octanol–water partition coefficient (Wildman–Crippen LogP) is -1.13. The van der Waals surface area contributed by atoms with Gasteiger partial charge in [0, 0.05) is 6.42 Å². The lowest BCUT2D eigenvalue weighted by molar-refractivity contribution is -0.0427. The average molecular weight is 279 g/mol. The Hall–Kier alpha value is -1.55. The van der Waals surface area contributed by atoms with Crippen LogP contribution in [-0.4, -0.2) is 53.9 Å². The van der Waals surface area contributed by atoms with E-state index in [4.69, 9.17) is 14.3 Å². The first-order valence-corrected chi connectivity index (χ1v) is 6.14. The van der Waals surface area contributed by atoms with Crippen LogP contribution in [-0.2, 0) is 9.16 Å². The number of H-pyrrole nitrogens is 1. The lowest BCUT2D eigenvalue weighted by Gasteiger charge is -2.18. The monoisotopic (exact) mass is 279 g/mol. The van der Waals surface area contributed by atoms with E-state index in [1.54, 1.807) is 4.57 Å². The summed E-state index contributed by atoms with van der Waals surface area (Å²) >= 11 is 0. The molecule has 0 spiro atoms. The molecule has 3 rings (SSSR count). The fraction of sp³-hybridized carbons (Fsp3) is 0.500. The number of aromatic amines is 1. The Morgan fingerprint density at radius 1 is 1.63 bits per heavy atom. The van der Waals surface area contributed by atoms with Gasteiger partial charge < -0.3 is 19.3 Å². The molecule has 1 fully saturated rings. The molecular formula is C10H11N4O4Si. The normalized spacial score (nSPS) is 27.2. The number of hydrogen-bond donors (Lipinski definition) is 2. The van der Waals surface area contributed by atoms with E-state index in [1.807, 2.05) is 0 Å². The lowest BCUT2D eigenvalue weighted by atomic mass is 10.2. The molecule has 3 radical (unpaired) electrons. The van der Waals surface area contributed by atoms with Crippen LogP contribution in [0.2, 0.25) is 0 Å². The van der Waals surface area contributed by atoms with E-state index in [0.717, 1.165) is 0 Å². The van der Waals surface area contributed by atoms with Crippen LogP contribution >= 0.6 is 0 Å². The van der Waals surface area contributed by atoms with Crippen molar-refractivity contribution in [2.24, 2.45) is 0 Å². The van der Waals surface area contributed by atoms with E-state index < -0.39 is 6.23 Å². The van der Waals surface area contributed by atoms with Crippen molar-refractivity contribution in [3.05, 3.63) is 23.0 Å². The quantitative estimate of drug-likeness (QED) is 0.689. The number of rotatable bonds is 3. The Bertz CT molecular complexity index is 642. The number of fused-ring (bicyclic) bond motifs is 1. The fourth-order valence-corrected chi connectivity index (χ4v) is 2.45. The van der Waals surface area contributed by atoms with E-state index >= 15 is 0 Å². The molecule has 0 amide bonds. The predicted molar refractivity (Wildman–Crippen MR) is 64.4 cm³/mol. The first kappa shape index (κ1) is 12.5. The van der Waals surface area contributed by atoms with Crippen LogP contribution < -0.4 is 5.56 Å². The molecule has 3 atom stereocenters. The molecular weight excluding hydrogens is 268 g/mol. The van der Waals surface area contributed by atoms with Gasteiger partial charge in [-0.15, -0.1) is 0 Å². The fourth-order valence-electron chi connectivity index (χ4n) is 2.23. The minimum absolute atomic E-state index is 0.0940. The second-order valence-corrected chi connectivity index (χ2v) is 4.51. The molecule has 9 heteroatoms. The van der Waals surface area contributed by atoms with Crippen LogP contribution in [0.5, 0.6) is 0 Å². The Labute approximate surface area is 110 Å². The van der Waals surface area contributed by atoms with Gasteiger partial charge in [0.15, 0.2) is 17.4 Å². The summed E-state index contributed by atoms with van der Waals surface area (Å²) < 4.78 is 12.5. The summed E-state index contributed by atoms with van der Waals surface area (Å²) in [5.74, 6) is 0. The van der Waals surface area contributed by atoms with Crippen molar-refractivity contribution in [1.29, 1.82) is 0 Å². The van der Waals surface area contributed by atoms with Crippen LogP contribution in [0.3, 0.4) is 0 Å². The molecule has 2 N–H and O–H groups in total. The van der Waals surface area contributed by atoms with Gasteiger partial charge in [-0.25, -0.2) is 9.97 Å². The molecule has 3 heterocycles. The highest BCUT2D eigenvalue weighted by atomic mass is 28.2. The number of nitrogens with one attached hydrogen (secondary N) is 1. The zero-order valence-electron chi connectivity index (χ0n) is 9.81. The van der Waals surface area contributed by atoms with E-state index in [1.165, 1.54) is 12.7 Å². The maximum Gasteiger partial charge on any atom is 0.278 e. The number of nitrogens with zero attached hydrogens (tertiary/aromatic N) is 3. The van der Waals surface area contributed by atoms with E-state index in [-0.39, 0.29) is 29.9 Å². The maximum atomic E-state index is 11.6. The van der Waals surface area contributed by atoms with Crippen molar-refractivity contribution < 1.29 is 14.3 Å². The molecule has 1 aliphatic rings. The average Bonchev–Trinajstić information content (AvgIpc) is 3.02. The SMILES string of the molecule is O=c1[nH]cnc2c1ncn2[C@@H]1O[C@H](CO)CC1O[Si]. The smallest absolute Gasteiger partial charge is 0.278 e. The Morgan fingerprint density at radius 3 is 3.21 bits per heavy atom. The van der Waals surface area contributed by atoms with E-state index in [0.29, 0.717) is 12.1 Å². The van der Waals surface area contributed by atoms with Gasteiger partial charge in [0.2, 0.25) is 10.5 Å². The number of aliphatic hydroxyl groups is 1. The minimum atomic E-state index is -0.492. The van der Waals surface area contributed by atoms with Crippen molar-refractivity contribution in [3.63, 3.8) is 0 Å². The van der Waals surface area contributed by atoms with Gasteiger partial charge in [-0.05, 0) is 0 Å². The molecule has 8 nitrogen and oxygen atoms in total. The summed E-state index contributed by atoms with van der Waals surface area (Å²) in [6.45, 7) is -0.0940. The minimum Gasteiger partial charge on any atom is -0.411 e. The van der Waals surface area contributed by atoms with Gasteiger partial charge in [0.05, 0.1) is 31.5 Å². The van der Waals surface area contributed by atoms with E-state index in [9.17, 15) is 4.79 Å². The van der Waals surface area contributed by atoms with Crippen molar-refractivity contribution >= 4 is 21.6 Å². The summed E-state index contributed by atoms with van der Waals surface area (Å²) in [6.07, 6.45) is 2.22. The van der Waals surface area contributed by atoms with Gasteiger partial charge in [-0.1, -0.05) is 0 Å². The van der Waals surface area contributed by atoms with Crippen molar-refractivity contribution in [2.45, 2.75) is 24.9 Å². The maximum absolute atomic E-state index is 11.6. The van der Waals surface area contributed by atoms with Gasteiger partial charge in [-0.3, -0.25) is 9.36 Å². The van der Waals surface area contributed by atoms with Gasteiger partial charge in [-0.2, -0.15) is 0 Å². The summed E-state index contributed by atoms with van der Waals surface area (Å²) in [5, 5.41) is 9.16. The molecule has 2 aromatic heterocycles. The van der Waals surface area contributed by atoms with Crippen LogP contribution in [0, 0.1) is 0 Å². The Morgan fingerprint density at radius 2 is 2.47 bits per heavy atom. The molecule has 2 aromatic rings. The molecule has 99 valence electrons. The van der Waals surface area contributed by atoms with Crippen LogP contribution in [0.1, 0.15) is 12.6 Å². The standard InChI is InChI=1S/C10H11N4O4Si/c15-2-5-1-6(18-19)10(17-5)14-4-13-7-8(14)11-3-12-9(7)16/h3-6,10,15H,1-2H2,(H,11,12,16)/t5-,6?,10+/m0/s1. The van der Waals surface area contributed by atoms with Crippen LogP contribution in [0.4, 0.5) is 0 Å². The highest BCUT2D eigenvalue weighted by Gasteiger charge is 2.37. The molecule has 0 aromatic carbocycles. The molecule has 0 aliphatic carbocycles. The number of imidazole rings is 1. The van der Waals surface area contributed by atoms with Crippen LogP contribution in [0.25, 0.3) is 11.2 Å². The summed E-state index contributed by atoms with van der Waals surface area (Å²) in [5.41, 5.74) is 0.351. The summed E-state index contributed by atoms with van der Waals surface area (Å²) in [6, 6.07) is 0. The topological polar surface area (TPSA) is 102 Å². The molecule has 1 aliphatic heterocycles. The van der Waals surface area contributed by atoms with Crippen molar-refractivity contribution in [1.82, 2.24) is 19.5 Å². The number of ether oxygens (including phenoxy) is 1. The number of aliphatic hydroxyl groups excluding tert-OH is 1. The Balaban J connectivity index is 2.04. The third-order valence-corrected chi connectivity index (χ3v) is 3.44. The van der Waals surface area contributed by atoms with Gasteiger partial charge in [0.1, 0.15) is 0 Å². The number of aromatic nitrogens is 4. The number of hydrogen-bond acceptors (Lipinski definition) is 6. The van der Waals surface area contributed by atoms with Crippen molar-refractivity contribution in [3.8, 4) is 0 Å². The largest absolute Gasteiger partial charge is 0.411 e. The zero-order chi connectivity index (χ0) is 13.4.